The molecule has 1 heterocycles. The van der Waals surface area contributed by atoms with Gasteiger partial charge in [0.15, 0.2) is 11.5 Å². The van der Waals surface area contributed by atoms with Gasteiger partial charge in [0, 0.05) is 12.1 Å². The van der Waals surface area contributed by atoms with Crippen molar-refractivity contribution < 1.29 is 28.9 Å². The van der Waals surface area contributed by atoms with Gasteiger partial charge in [-0.05, 0) is 74.7 Å². The average molecular weight is 516 g/mol. The summed E-state index contributed by atoms with van der Waals surface area (Å²) in [5, 5.41) is 11.3. The van der Waals surface area contributed by atoms with Gasteiger partial charge in [0.1, 0.15) is 11.5 Å². The number of rotatable bonds is 9. The topological polar surface area (TPSA) is 85.3 Å². The normalized spacial score (nSPS) is 16.7. The van der Waals surface area contributed by atoms with E-state index < -0.39 is 17.7 Å². The molecule has 1 fully saturated rings. The van der Waals surface area contributed by atoms with Crippen LogP contribution >= 0.6 is 0 Å². The highest BCUT2D eigenvalue weighted by Gasteiger charge is 2.45. The summed E-state index contributed by atoms with van der Waals surface area (Å²) in [6.45, 7) is 6.09. The molecule has 0 aliphatic carbocycles. The quantitative estimate of drug-likeness (QED) is 0.231. The summed E-state index contributed by atoms with van der Waals surface area (Å²) in [7, 11) is 3.14. The van der Waals surface area contributed by atoms with Crippen molar-refractivity contribution in [2.24, 2.45) is 0 Å². The van der Waals surface area contributed by atoms with Crippen LogP contribution in [0.25, 0.3) is 5.76 Å². The number of Topliss-reactive ketones (excluding diaryl/α,β-unsaturated/α-hetero) is 1. The van der Waals surface area contributed by atoms with Gasteiger partial charge in [0.25, 0.3) is 11.7 Å². The van der Waals surface area contributed by atoms with Gasteiger partial charge in [-0.3, -0.25) is 9.59 Å². The second-order valence-electron chi connectivity index (χ2n) is 9.54. The molecule has 1 N–H and O–H groups in total. The van der Waals surface area contributed by atoms with Gasteiger partial charge in [-0.2, -0.15) is 0 Å². The summed E-state index contributed by atoms with van der Waals surface area (Å²) in [5.41, 5.74) is 3.19. The van der Waals surface area contributed by atoms with E-state index in [9.17, 15) is 14.7 Å². The number of ether oxygens (including phenoxy) is 3. The third-order valence-corrected chi connectivity index (χ3v) is 6.49. The number of ketones is 1. The smallest absolute Gasteiger partial charge is 0.295 e. The lowest BCUT2D eigenvalue weighted by atomic mass is 9.94. The van der Waals surface area contributed by atoms with Gasteiger partial charge >= 0.3 is 0 Å². The van der Waals surface area contributed by atoms with E-state index in [2.05, 4.69) is 0 Å². The van der Waals surface area contributed by atoms with Crippen molar-refractivity contribution in [1.29, 1.82) is 0 Å². The van der Waals surface area contributed by atoms with Crippen LogP contribution in [-0.4, -0.2) is 48.6 Å². The number of amides is 1. The first-order valence-electron chi connectivity index (χ1n) is 12.6. The second kappa shape index (κ2) is 11.4. The standard InChI is InChI=1S/C31H33NO6/c1-19(2)38-24-12-10-22(11-13-24)29(33)27-28(23-8-6-7-20(3)17-23)32(31(35)30(27)34)16-15-21-9-14-25(36-4)26(18-21)37-5/h6-14,17-19,28,33H,15-16H2,1-5H3/b29-27+. The summed E-state index contributed by atoms with van der Waals surface area (Å²) < 4.78 is 16.4. The van der Waals surface area contributed by atoms with Crippen LogP contribution in [0.1, 0.15) is 42.1 Å². The molecule has 198 valence electrons. The van der Waals surface area contributed by atoms with Gasteiger partial charge < -0.3 is 24.2 Å². The number of benzene rings is 3. The number of carbonyl (C=O) groups is 2. The highest BCUT2D eigenvalue weighted by atomic mass is 16.5. The van der Waals surface area contributed by atoms with Crippen LogP contribution in [0.4, 0.5) is 0 Å². The molecular formula is C31H33NO6. The van der Waals surface area contributed by atoms with Gasteiger partial charge in [-0.1, -0.05) is 35.9 Å². The van der Waals surface area contributed by atoms with Crippen LogP contribution in [-0.2, 0) is 16.0 Å². The predicted molar refractivity (Wildman–Crippen MR) is 146 cm³/mol. The van der Waals surface area contributed by atoms with E-state index >= 15 is 0 Å². The molecule has 7 nitrogen and oxygen atoms in total. The molecule has 1 aliphatic rings. The Kier molecular flexibility index (Phi) is 8.05. The number of methoxy groups -OCH3 is 2. The highest BCUT2D eigenvalue weighted by Crippen LogP contribution is 2.40. The van der Waals surface area contributed by atoms with Crippen molar-refractivity contribution in [3.05, 3.63) is 94.6 Å². The Balaban J connectivity index is 1.72. The minimum Gasteiger partial charge on any atom is -0.507 e. The first-order chi connectivity index (χ1) is 18.2. The lowest BCUT2D eigenvalue weighted by molar-refractivity contribution is -0.139. The van der Waals surface area contributed by atoms with Crippen molar-refractivity contribution in [2.75, 3.05) is 20.8 Å². The Morgan fingerprint density at radius 2 is 1.66 bits per heavy atom. The molecule has 4 rings (SSSR count). The fraction of sp³-hybridized carbons (Fsp3) is 0.290. The maximum atomic E-state index is 13.3. The van der Waals surface area contributed by atoms with Crippen LogP contribution in [0.15, 0.2) is 72.3 Å². The molecule has 7 heteroatoms. The van der Waals surface area contributed by atoms with Crippen LogP contribution in [0.2, 0.25) is 0 Å². The maximum Gasteiger partial charge on any atom is 0.295 e. The zero-order valence-corrected chi connectivity index (χ0v) is 22.4. The Bertz CT molecular complexity index is 1360. The van der Waals surface area contributed by atoms with Crippen LogP contribution in [0.5, 0.6) is 17.2 Å². The van der Waals surface area contributed by atoms with E-state index in [0.717, 1.165) is 16.7 Å². The molecule has 0 saturated carbocycles. The molecule has 1 atom stereocenters. The highest BCUT2D eigenvalue weighted by molar-refractivity contribution is 6.46. The number of aliphatic hydroxyl groups is 1. The van der Waals surface area contributed by atoms with Crippen molar-refractivity contribution in [3.63, 3.8) is 0 Å². The predicted octanol–water partition coefficient (Wildman–Crippen LogP) is 5.46. The SMILES string of the molecule is COc1ccc(CCN2C(=O)C(=O)/C(=C(/O)c3ccc(OC(C)C)cc3)C2c2cccc(C)c2)cc1OC. The van der Waals surface area contributed by atoms with E-state index in [0.29, 0.717) is 29.2 Å². The second-order valence-corrected chi connectivity index (χ2v) is 9.54. The van der Waals surface area contributed by atoms with E-state index in [1.54, 1.807) is 38.5 Å². The third-order valence-electron chi connectivity index (χ3n) is 6.49. The van der Waals surface area contributed by atoms with Gasteiger partial charge in [0.2, 0.25) is 0 Å². The number of aryl methyl sites for hydroxylation is 1. The summed E-state index contributed by atoms with van der Waals surface area (Å²) in [6, 6.07) is 19.4. The van der Waals surface area contributed by atoms with Crippen LogP contribution in [0.3, 0.4) is 0 Å². The van der Waals surface area contributed by atoms with Crippen LogP contribution < -0.4 is 14.2 Å². The fourth-order valence-corrected chi connectivity index (χ4v) is 4.70. The van der Waals surface area contributed by atoms with Gasteiger partial charge in [0.05, 0.1) is 31.9 Å². The Morgan fingerprint density at radius 1 is 0.947 bits per heavy atom. The lowest BCUT2D eigenvalue weighted by Crippen LogP contribution is -2.31. The molecule has 38 heavy (non-hydrogen) atoms. The molecule has 3 aromatic carbocycles. The summed E-state index contributed by atoms with van der Waals surface area (Å²) in [5.74, 6) is 0.303. The summed E-state index contributed by atoms with van der Waals surface area (Å²) >= 11 is 0. The van der Waals surface area contributed by atoms with E-state index in [4.69, 9.17) is 14.2 Å². The average Bonchev–Trinajstić information content (AvgIpc) is 3.16. The number of carbonyl (C=O) groups excluding carboxylic acids is 2. The number of hydrogen-bond acceptors (Lipinski definition) is 6. The largest absolute Gasteiger partial charge is 0.507 e. The van der Waals surface area contributed by atoms with Gasteiger partial charge in [-0.25, -0.2) is 0 Å². The first-order valence-corrected chi connectivity index (χ1v) is 12.6. The van der Waals surface area contributed by atoms with E-state index in [1.807, 2.05) is 63.2 Å². The van der Waals surface area contributed by atoms with Crippen molar-refractivity contribution in [1.82, 2.24) is 4.90 Å². The van der Waals surface area contributed by atoms with Crippen LogP contribution in [0, 0.1) is 6.92 Å². The molecule has 3 aromatic rings. The van der Waals surface area contributed by atoms with Crippen molar-refractivity contribution >= 4 is 17.4 Å². The Hall–Kier alpha value is -4.26. The fourth-order valence-electron chi connectivity index (χ4n) is 4.70. The Labute approximate surface area is 223 Å². The minimum atomic E-state index is -0.721. The van der Waals surface area contributed by atoms with E-state index in [-0.39, 0.29) is 24.0 Å². The third kappa shape index (κ3) is 5.52. The molecule has 1 unspecified atom stereocenters. The van der Waals surface area contributed by atoms with Crippen molar-refractivity contribution in [3.8, 4) is 17.2 Å². The molecule has 0 aromatic heterocycles. The zero-order chi connectivity index (χ0) is 27.4. The lowest BCUT2D eigenvalue weighted by Gasteiger charge is -2.26. The monoisotopic (exact) mass is 515 g/mol. The molecule has 1 saturated heterocycles. The number of hydrogen-bond donors (Lipinski definition) is 1. The number of aliphatic hydroxyl groups excluding tert-OH is 1. The molecule has 1 amide bonds. The van der Waals surface area contributed by atoms with E-state index in [1.165, 1.54) is 4.90 Å². The molecular weight excluding hydrogens is 482 g/mol. The molecule has 0 bridgehead atoms. The molecule has 0 spiro atoms. The minimum absolute atomic E-state index is 0.00626. The first kappa shape index (κ1) is 26.8. The summed E-state index contributed by atoms with van der Waals surface area (Å²) in [6.07, 6.45) is 0.489. The molecule has 0 radical (unpaired) electrons. The van der Waals surface area contributed by atoms with Crippen molar-refractivity contribution in [2.45, 2.75) is 39.3 Å². The molecule has 1 aliphatic heterocycles. The number of likely N-dealkylation sites (tertiary alicyclic amines) is 1. The zero-order valence-electron chi connectivity index (χ0n) is 22.4. The van der Waals surface area contributed by atoms with Gasteiger partial charge in [-0.15, -0.1) is 0 Å². The Morgan fingerprint density at radius 3 is 2.29 bits per heavy atom. The summed E-state index contributed by atoms with van der Waals surface area (Å²) in [4.78, 5) is 28.2. The number of nitrogens with zero attached hydrogens (tertiary/aromatic N) is 1. The maximum absolute atomic E-state index is 13.3.